The number of nitrogens with zero attached hydrogens (tertiary/aromatic N) is 4. The Bertz CT molecular complexity index is 666. The van der Waals surface area contributed by atoms with Gasteiger partial charge in [-0.2, -0.15) is 10.1 Å². The smallest absolute Gasteiger partial charge is 0.293 e. The SMILES string of the molecule is COc1nc(C)c(Nc2nc(=O)cnn2C)cc1C. The maximum atomic E-state index is 11.2. The van der Waals surface area contributed by atoms with Gasteiger partial charge in [-0.25, -0.2) is 9.67 Å². The minimum absolute atomic E-state index is 0.363. The molecule has 0 radical (unpaired) electrons. The second kappa shape index (κ2) is 5.05. The highest BCUT2D eigenvalue weighted by Crippen LogP contribution is 2.23. The molecule has 0 amide bonds. The molecule has 0 aromatic carbocycles. The van der Waals surface area contributed by atoms with Gasteiger partial charge >= 0.3 is 0 Å². The van der Waals surface area contributed by atoms with Crippen LogP contribution in [0.1, 0.15) is 11.3 Å². The largest absolute Gasteiger partial charge is 0.481 e. The molecule has 0 fully saturated rings. The van der Waals surface area contributed by atoms with Gasteiger partial charge in [-0.15, -0.1) is 0 Å². The van der Waals surface area contributed by atoms with Gasteiger partial charge in [-0.3, -0.25) is 4.79 Å². The molecule has 0 saturated heterocycles. The molecule has 1 N–H and O–H groups in total. The fourth-order valence-corrected chi connectivity index (χ4v) is 1.64. The Kier molecular flexibility index (Phi) is 3.46. The molecule has 7 nitrogen and oxygen atoms in total. The van der Waals surface area contributed by atoms with E-state index in [9.17, 15) is 4.79 Å². The summed E-state index contributed by atoms with van der Waals surface area (Å²) < 4.78 is 6.64. The summed E-state index contributed by atoms with van der Waals surface area (Å²) in [6, 6.07) is 1.89. The van der Waals surface area contributed by atoms with E-state index in [-0.39, 0.29) is 0 Å². The first-order valence-electron chi connectivity index (χ1n) is 5.71. The predicted molar refractivity (Wildman–Crippen MR) is 70.8 cm³/mol. The third kappa shape index (κ3) is 2.70. The van der Waals surface area contributed by atoms with Gasteiger partial charge < -0.3 is 10.1 Å². The van der Waals surface area contributed by atoms with Crippen LogP contribution in [0.2, 0.25) is 0 Å². The molecule has 0 atom stereocenters. The van der Waals surface area contributed by atoms with Gasteiger partial charge in [-0.1, -0.05) is 0 Å². The molecule has 0 aliphatic heterocycles. The minimum Gasteiger partial charge on any atom is -0.481 e. The van der Waals surface area contributed by atoms with Crippen molar-refractivity contribution < 1.29 is 4.74 Å². The predicted octanol–water partition coefficient (Wildman–Crippen LogP) is 0.939. The van der Waals surface area contributed by atoms with Crippen LogP contribution in [0.15, 0.2) is 17.1 Å². The molecule has 0 unspecified atom stereocenters. The first-order valence-corrected chi connectivity index (χ1v) is 5.71. The number of pyridine rings is 1. The molecule has 7 heteroatoms. The summed E-state index contributed by atoms with van der Waals surface area (Å²) in [4.78, 5) is 19.4. The summed E-state index contributed by atoms with van der Waals surface area (Å²) in [5.41, 5.74) is 2.01. The molecule has 2 heterocycles. The van der Waals surface area contributed by atoms with Crippen molar-refractivity contribution in [1.29, 1.82) is 0 Å². The normalized spacial score (nSPS) is 10.3. The number of methoxy groups -OCH3 is 1. The van der Waals surface area contributed by atoms with Crippen molar-refractivity contribution in [3.63, 3.8) is 0 Å². The van der Waals surface area contributed by atoms with Crippen LogP contribution in [0.5, 0.6) is 5.88 Å². The van der Waals surface area contributed by atoms with Crippen LogP contribution in [-0.4, -0.2) is 26.9 Å². The zero-order chi connectivity index (χ0) is 14.0. The standard InChI is InChI=1S/C12H15N5O2/c1-7-5-9(8(2)14-11(7)19-4)15-12-16-10(18)6-13-17(12)3/h5-6H,1-4H3,(H,15,16,18). The van der Waals surface area contributed by atoms with E-state index >= 15 is 0 Å². The van der Waals surface area contributed by atoms with E-state index in [0.717, 1.165) is 23.1 Å². The van der Waals surface area contributed by atoms with E-state index in [2.05, 4.69) is 20.4 Å². The average Bonchev–Trinajstić information content (AvgIpc) is 2.37. The number of aryl methyl sites for hydroxylation is 3. The topological polar surface area (TPSA) is 81.9 Å². The van der Waals surface area contributed by atoms with Gasteiger partial charge in [0.15, 0.2) is 0 Å². The van der Waals surface area contributed by atoms with Crippen molar-refractivity contribution in [1.82, 2.24) is 19.7 Å². The Hall–Kier alpha value is -2.44. The monoisotopic (exact) mass is 261 g/mol. The lowest BCUT2D eigenvalue weighted by molar-refractivity contribution is 0.394. The van der Waals surface area contributed by atoms with Crippen LogP contribution < -0.4 is 15.6 Å². The Labute approximate surface area is 110 Å². The number of nitrogens with one attached hydrogen (secondary N) is 1. The Morgan fingerprint density at radius 3 is 2.74 bits per heavy atom. The van der Waals surface area contributed by atoms with Gasteiger partial charge in [0.25, 0.3) is 5.56 Å². The summed E-state index contributed by atoms with van der Waals surface area (Å²) in [6.45, 7) is 3.74. The summed E-state index contributed by atoms with van der Waals surface area (Å²) in [5.74, 6) is 0.943. The second-order valence-electron chi connectivity index (χ2n) is 4.11. The third-order valence-corrected chi connectivity index (χ3v) is 2.66. The van der Waals surface area contributed by atoms with Crippen molar-refractivity contribution in [3.05, 3.63) is 33.9 Å². The van der Waals surface area contributed by atoms with Gasteiger partial charge in [0.1, 0.15) is 6.20 Å². The van der Waals surface area contributed by atoms with Crippen LogP contribution in [0, 0.1) is 13.8 Å². The quantitative estimate of drug-likeness (QED) is 0.885. The molecule has 19 heavy (non-hydrogen) atoms. The van der Waals surface area contributed by atoms with Crippen molar-refractivity contribution >= 4 is 11.6 Å². The number of ether oxygens (including phenoxy) is 1. The van der Waals surface area contributed by atoms with Crippen LogP contribution in [0.4, 0.5) is 11.6 Å². The van der Waals surface area contributed by atoms with E-state index in [1.54, 1.807) is 14.2 Å². The molecule has 0 aliphatic rings. The molecule has 0 aliphatic carbocycles. The van der Waals surface area contributed by atoms with Crippen LogP contribution in [0.25, 0.3) is 0 Å². The van der Waals surface area contributed by atoms with E-state index in [0.29, 0.717) is 11.8 Å². The van der Waals surface area contributed by atoms with Crippen LogP contribution in [-0.2, 0) is 7.05 Å². The Balaban J connectivity index is 2.41. The molecular weight excluding hydrogens is 246 g/mol. The molecule has 0 spiro atoms. The van der Waals surface area contributed by atoms with E-state index < -0.39 is 5.56 Å². The van der Waals surface area contributed by atoms with Gasteiger partial charge in [0.05, 0.1) is 18.5 Å². The third-order valence-electron chi connectivity index (χ3n) is 2.66. The molecule has 0 saturated carbocycles. The minimum atomic E-state index is -0.392. The van der Waals surface area contributed by atoms with Gasteiger partial charge in [0.2, 0.25) is 11.8 Å². The van der Waals surface area contributed by atoms with Crippen molar-refractivity contribution in [2.24, 2.45) is 7.05 Å². The number of aromatic nitrogens is 4. The number of anilines is 2. The Morgan fingerprint density at radius 2 is 2.05 bits per heavy atom. The molecular formula is C12H15N5O2. The molecule has 2 aromatic rings. The lowest BCUT2D eigenvalue weighted by Crippen LogP contribution is -2.16. The molecule has 0 bridgehead atoms. The summed E-state index contributed by atoms with van der Waals surface area (Å²) in [6.07, 6.45) is 1.16. The number of hydrogen-bond donors (Lipinski definition) is 1. The molecule has 2 aromatic heterocycles. The van der Waals surface area contributed by atoms with Crippen LogP contribution >= 0.6 is 0 Å². The van der Waals surface area contributed by atoms with Crippen molar-refractivity contribution in [2.45, 2.75) is 13.8 Å². The summed E-state index contributed by atoms with van der Waals surface area (Å²) in [7, 11) is 3.28. The highest BCUT2D eigenvalue weighted by molar-refractivity contribution is 5.58. The van der Waals surface area contributed by atoms with E-state index in [1.165, 1.54) is 4.68 Å². The van der Waals surface area contributed by atoms with E-state index in [4.69, 9.17) is 4.74 Å². The maximum Gasteiger partial charge on any atom is 0.293 e. The lowest BCUT2D eigenvalue weighted by atomic mass is 10.2. The summed E-state index contributed by atoms with van der Waals surface area (Å²) in [5, 5.41) is 6.94. The van der Waals surface area contributed by atoms with E-state index in [1.807, 2.05) is 19.9 Å². The maximum absolute atomic E-state index is 11.2. The van der Waals surface area contributed by atoms with Crippen LogP contribution in [0.3, 0.4) is 0 Å². The lowest BCUT2D eigenvalue weighted by Gasteiger charge is -2.12. The first-order chi connectivity index (χ1) is 9.01. The summed E-state index contributed by atoms with van der Waals surface area (Å²) >= 11 is 0. The number of rotatable bonds is 3. The second-order valence-corrected chi connectivity index (χ2v) is 4.11. The van der Waals surface area contributed by atoms with Gasteiger partial charge in [0, 0.05) is 12.6 Å². The fourth-order valence-electron chi connectivity index (χ4n) is 1.64. The number of hydrogen-bond acceptors (Lipinski definition) is 6. The molecule has 2 rings (SSSR count). The van der Waals surface area contributed by atoms with Crippen molar-refractivity contribution in [3.8, 4) is 5.88 Å². The van der Waals surface area contributed by atoms with Gasteiger partial charge in [-0.05, 0) is 19.9 Å². The Morgan fingerprint density at radius 1 is 1.32 bits per heavy atom. The zero-order valence-corrected chi connectivity index (χ0v) is 11.3. The van der Waals surface area contributed by atoms with Crippen molar-refractivity contribution in [2.75, 3.05) is 12.4 Å². The fraction of sp³-hybridized carbons (Fsp3) is 0.333. The molecule has 100 valence electrons. The zero-order valence-electron chi connectivity index (χ0n) is 11.3. The first kappa shape index (κ1) is 13.0. The highest BCUT2D eigenvalue weighted by Gasteiger charge is 2.09. The average molecular weight is 261 g/mol. The highest BCUT2D eigenvalue weighted by atomic mass is 16.5.